The van der Waals surface area contributed by atoms with Crippen LogP contribution in [0.2, 0.25) is 5.02 Å². The predicted octanol–water partition coefficient (Wildman–Crippen LogP) is 2.17. The fraction of sp³-hybridized carbons (Fsp3) is 0.500. The van der Waals surface area contributed by atoms with E-state index < -0.39 is 5.82 Å². The molecule has 0 saturated carbocycles. The first-order valence-electron chi connectivity index (χ1n) is 5.60. The molecular weight excluding hydrogens is 280 g/mol. The Morgan fingerprint density at radius 1 is 1.50 bits per heavy atom. The first kappa shape index (κ1) is 15.7. The summed E-state index contributed by atoms with van der Waals surface area (Å²) in [7, 11) is 0. The standard InChI is InChI=1S/C12H15ClFNO2.ClH/c13-10-2-1-8(5-11(10)14)12-9(7-16)6-15-3-4-17-12;/h1-2,5,9,12,15-16H,3-4,6-7H2;1H/t9-,12-;/m1./s1. The van der Waals surface area contributed by atoms with Gasteiger partial charge >= 0.3 is 0 Å². The summed E-state index contributed by atoms with van der Waals surface area (Å²) in [5, 5.41) is 12.6. The van der Waals surface area contributed by atoms with Crippen LogP contribution in [0.15, 0.2) is 18.2 Å². The topological polar surface area (TPSA) is 41.5 Å². The van der Waals surface area contributed by atoms with Gasteiger partial charge in [-0.3, -0.25) is 0 Å². The van der Waals surface area contributed by atoms with Gasteiger partial charge in [0.05, 0.1) is 17.7 Å². The van der Waals surface area contributed by atoms with E-state index in [9.17, 15) is 9.50 Å². The number of rotatable bonds is 2. The maximum absolute atomic E-state index is 13.4. The Hall–Kier alpha value is -0.390. The highest BCUT2D eigenvalue weighted by molar-refractivity contribution is 6.30. The number of hydrogen-bond acceptors (Lipinski definition) is 3. The van der Waals surface area contributed by atoms with E-state index in [0.29, 0.717) is 13.2 Å². The molecule has 1 aromatic carbocycles. The van der Waals surface area contributed by atoms with E-state index >= 15 is 0 Å². The highest BCUT2D eigenvalue weighted by Gasteiger charge is 2.26. The number of aliphatic hydroxyl groups excluding tert-OH is 1. The molecule has 2 rings (SSSR count). The first-order chi connectivity index (χ1) is 8.22. The second-order valence-corrected chi connectivity index (χ2v) is 4.52. The number of ether oxygens (including phenoxy) is 1. The quantitative estimate of drug-likeness (QED) is 0.879. The van der Waals surface area contributed by atoms with Crippen LogP contribution in [-0.4, -0.2) is 31.4 Å². The summed E-state index contributed by atoms with van der Waals surface area (Å²) < 4.78 is 19.1. The normalized spacial score (nSPS) is 24.2. The molecule has 1 fully saturated rings. The van der Waals surface area contributed by atoms with E-state index in [0.717, 1.165) is 12.1 Å². The van der Waals surface area contributed by atoms with Crippen molar-refractivity contribution in [2.24, 2.45) is 5.92 Å². The SMILES string of the molecule is Cl.OC[C@H]1CNCCO[C@@H]1c1ccc(Cl)c(F)c1. The molecular formula is C12H16Cl2FNO2. The third-order valence-corrected chi connectivity index (χ3v) is 3.22. The average Bonchev–Trinajstić information content (AvgIpc) is 2.57. The Bertz CT molecular complexity index is 392. The zero-order valence-corrected chi connectivity index (χ0v) is 11.3. The van der Waals surface area contributed by atoms with Gasteiger partial charge in [-0.05, 0) is 17.7 Å². The van der Waals surface area contributed by atoms with E-state index in [1.165, 1.54) is 12.1 Å². The van der Waals surface area contributed by atoms with Gasteiger partial charge in [0.25, 0.3) is 0 Å². The van der Waals surface area contributed by atoms with Crippen molar-refractivity contribution >= 4 is 24.0 Å². The van der Waals surface area contributed by atoms with Gasteiger partial charge in [0, 0.05) is 25.6 Å². The van der Waals surface area contributed by atoms with Crippen LogP contribution in [0.5, 0.6) is 0 Å². The number of benzene rings is 1. The molecule has 1 aliphatic heterocycles. The van der Waals surface area contributed by atoms with Crippen molar-refractivity contribution in [1.29, 1.82) is 0 Å². The van der Waals surface area contributed by atoms with Gasteiger partial charge in [-0.1, -0.05) is 17.7 Å². The van der Waals surface area contributed by atoms with Gasteiger partial charge in [-0.2, -0.15) is 0 Å². The summed E-state index contributed by atoms with van der Waals surface area (Å²) in [6.07, 6.45) is -0.290. The van der Waals surface area contributed by atoms with Gasteiger partial charge < -0.3 is 15.2 Å². The molecule has 0 spiro atoms. The molecule has 1 aromatic rings. The van der Waals surface area contributed by atoms with Gasteiger partial charge in [-0.25, -0.2) is 4.39 Å². The minimum atomic E-state index is -0.457. The number of nitrogens with one attached hydrogen (secondary N) is 1. The third-order valence-electron chi connectivity index (χ3n) is 2.92. The summed E-state index contributed by atoms with van der Waals surface area (Å²) in [6.45, 7) is 1.95. The lowest BCUT2D eigenvalue weighted by atomic mass is 9.96. The second kappa shape index (κ2) is 7.26. The summed E-state index contributed by atoms with van der Waals surface area (Å²) in [5.41, 5.74) is 0.717. The number of hydrogen-bond donors (Lipinski definition) is 2. The Balaban J connectivity index is 0.00000162. The Morgan fingerprint density at radius 2 is 2.28 bits per heavy atom. The first-order valence-corrected chi connectivity index (χ1v) is 5.98. The van der Waals surface area contributed by atoms with E-state index in [1.807, 2.05) is 0 Å². The molecule has 102 valence electrons. The second-order valence-electron chi connectivity index (χ2n) is 4.11. The largest absolute Gasteiger partial charge is 0.396 e. The Labute approximate surface area is 117 Å². The van der Waals surface area contributed by atoms with Crippen LogP contribution in [0.1, 0.15) is 11.7 Å². The van der Waals surface area contributed by atoms with Crippen LogP contribution in [0.25, 0.3) is 0 Å². The van der Waals surface area contributed by atoms with E-state index in [1.54, 1.807) is 6.07 Å². The van der Waals surface area contributed by atoms with Crippen molar-refractivity contribution < 1.29 is 14.2 Å². The lowest BCUT2D eigenvalue weighted by Gasteiger charge is -2.23. The molecule has 2 atom stereocenters. The zero-order valence-electron chi connectivity index (χ0n) is 9.73. The Kier molecular flexibility index (Phi) is 6.32. The molecule has 0 unspecified atom stereocenters. The molecule has 18 heavy (non-hydrogen) atoms. The number of aliphatic hydroxyl groups is 1. The van der Waals surface area contributed by atoms with Gasteiger partial charge in [0.2, 0.25) is 0 Å². The number of halogens is 3. The Morgan fingerprint density at radius 3 is 2.94 bits per heavy atom. The molecule has 1 heterocycles. The van der Waals surface area contributed by atoms with Crippen molar-refractivity contribution in [3.8, 4) is 0 Å². The minimum Gasteiger partial charge on any atom is -0.396 e. The van der Waals surface area contributed by atoms with Crippen LogP contribution in [0.3, 0.4) is 0 Å². The molecule has 0 radical (unpaired) electrons. The maximum Gasteiger partial charge on any atom is 0.142 e. The van der Waals surface area contributed by atoms with Crippen molar-refractivity contribution in [1.82, 2.24) is 5.32 Å². The predicted molar refractivity (Wildman–Crippen MR) is 70.8 cm³/mol. The molecule has 0 bridgehead atoms. The van der Waals surface area contributed by atoms with Crippen LogP contribution in [0, 0.1) is 11.7 Å². The van der Waals surface area contributed by atoms with Crippen molar-refractivity contribution in [2.45, 2.75) is 6.10 Å². The van der Waals surface area contributed by atoms with Crippen molar-refractivity contribution in [3.63, 3.8) is 0 Å². The summed E-state index contributed by atoms with van der Waals surface area (Å²) in [6, 6.07) is 4.63. The molecule has 1 aliphatic rings. The molecule has 6 heteroatoms. The smallest absolute Gasteiger partial charge is 0.142 e. The van der Waals surface area contributed by atoms with Gasteiger partial charge in [0.15, 0.2) is 0 Å². The monoisotopic (exact) mass is 295 g/mol. The van der Waals surface area contributed by atoms with Crippen LogP contribution in [-0.2, 0) is 4.74 Å². The average molecular weight is 296 g/mol. The van der Waals surface area contributed by atoms with Crippen LogP contribution < -0.4 is 5.32 Å². The van der Waals surface area contributed by atoms with Crippen molar-refractivity contribution in [3.05, 3.63) is 34.6 Å². The lowest BCUT2D eigenvalue weighted by Crippen LogP contribution is -2.27. The molecule has 0 aromatic heterocycles. The van der Waals surface area contributed by atoms with E-state index in [4.69, 9.17) is 16.3 Å². The summed E-state index contributed by atoms with van der Waals surface area (Å²) in [4.78, 5) is 0. The van der Waals surface area contributed by atoms with Gasteiger partial charge in [-0.15, -0.1) is 12.4 Å². The van der Waals surface area contributed by atoms with Crippen LogP contribution in [0.4, 0.5) is 4.39 Å². The van der Waals surface area contributed by atoms with Crippen LogP contribution >= 0.6 is 24.0 Å². The molecule has 1 saturated heterocycles. The maximum atomic E-state index is 13.4. The highest BCUT2D eigenvalue weighted by atomic mass is 35.5. The highest BCUT2D eigenvalue weighted by Crippen LogP contribution is 2.29. The summed E-state index contributed by atoms with van der Waals surface area (Å²) in [5.74, 6) is -0.528. The fourth-order valence-electron chi connectivity index (χ4n) is 2.01. The zero-order chi connectivity index (χ0) is 12.3. The fourth-order valence-corrected chi connectivity index (χ4v) is 2.12. The minimum absolute atomic E-state index is 0. The lowest BCUT2D eigenvalue weighted by molar-refractivity contribution is 0.0113. The van der Waals surface area contributed by atoms with Crippen molar-refractivity contribution in [2.75, 3.05) is 26.3 Å². The third kappa shape index (κ3) is 3.56. The molecule has 0 aliphatic carbocycles. The van der Waals surface area contributed by atoms with E-state index in [2.05, 4.69) is 5.32 Å². The molecule has 2 N–H and O–H groups in total. The van der Waals surface area contributed by atoms with Gasteiger partial charge in [0.1, 0.15) is 5.82 Å². The molecule has 0 amide bonds. The summed E-state index contributed by atoms with van der Waals surface area (Å²) >= 11 is 5.64. The van der Waals surface area contributed by atoms with E-state index in [-0.39, 0.29) is 36.1 Å². The molecule has 3 nitrogen and oxygen atoms in total.